The number of alkyl halides is 3. The summed E-state index contributed by atoms with van der Waals surface area (Å²) >= 11 is 0. The number of fused-ring (bicyclic) bond motifs is 1. The van der Waals surface area contributed by atoms with Gasteiger partial charge in [-0.05, 0) is 39.3 Å². The van der Waals surface area contributed by atoms with Crippen molar-refractivity contribution in [2.24, 2.45) is 0 Å². The highest BCUT2D eigenvalue weighted by Crippen LogP contribution is 2.27. The fourth-order valence-electron chi connectivity index (χ4n) is 2.89. The predicted octanol–water partition coefficient (Wildman–Crippen LogP) is 3.56. The summed E-state index contributed by atoms with van der Waals surface area (Å²) in [7, 11) is 0. The monoisotopic (exact) mass is 377 g/mol. The van der Waals surface area contributed by atoms with E-state index in [0.717, 1.165) is 15.6 Å². The number of benzene rings is 1. The summed E-state index contributed by atoms with van der Waals surface area (Å²) in [4.78, 5) is 20.0. The first-order chi connectivity index (χ1) is 12.6. The number of halogens is 3. The van der Waals surface area contributed by atoms with Crippen molar-refractivity contribution in [3.63, 3.8) is 0 Å². The van der Waals surface area contributed by atoms with Crippen LogP contribution < -0.4 is 5.32 Å². The number of amides is 1. The lowest BCUT2D eigenvalue weighted by atomic mass is 10.1. The molecule has 0 saturated carbocycles. The van der Waals surface area contributed by atoms with Crippen LogP contribution in [0.4, 0.5) is 18.9 Å². The van der Waals surface area contributed by atoms with Crippen LogP contribution in [0.25, 0.3) is 5.78 Å². The van der Waals surface area contributed by atoms with Crippen LogP contribution in [-0.4, -0.2) is 25.5 Å². The summed E-state index contributed by atoms with van der Waals surface area (Å²) in [6, 6.07) is 5.66. The maximum Gasteiger partial charge on any atom is 0.453 e. The molecule has 2 aromatic heterocycles. The molecular weight excluding hydrogens is 359 g/mol. The Morgan fingerprint density at radius 3 is 2.48 bits per heavy atom. The van der Waals surface area contributed by atoms with Crippen LogP contribution in [0.3, 0.4) is 0 Å². The van der Waals surface area contributed by atoms with E-state index in [9.17, 15) is 18.0 Å². The van der Waals surface area contributed by atoms with Gasteiger partial charge in [0.2, 0.25) is 5.91 Å². The quantitative estimate of drug-likeness (QED) is 0.758. The first kappa shape index (κ1) is 18.8. The highest BCUT2D eigenvalue weighted by atomic mass is 19.4. The van der Waals surface area contributed by atoms with E-state index in [-0.39, 0.29) is 18.1 Å². The largest absolute Gasteiger partial charge is 0.453 e. The summed E-state index contributed by atoms with van der Waals surface area (Å²) in [5.41, 5.74) is 4.06. The lowest BCUT2D eigenvalue weighted by Gasteiger charge is -2.12. The van der Waals surface area contributed by atoms with E-state index in [0.29, 0.717) is 22.6 Å². The molecular formula is C18H18F3N5O. The fourth-order valence-corrected chi connectivity index (χ4v) is 2.89. The third-order valence-corrected chi connectivity index (χ3v) is 4.30. The molecule has 0 spiro atoms. The molecule has 0 unspecified atom stereocenters. The minimum absolute atomic E-state index is 0.0326. The number of nitrogens with zero attached hydrogens (tertiary/aromatic N) is 4. The summed E-state index contributed by atoms with van der Waals surface area (Å²) in [6.45, 7) is 7.07. The Labute approximate surface area is 153 Å². The average Bonchev–Trinajstić information content (AvgIpc) is 2.98. The summed E-state index contributed by atoms with van der Waals surface area (Å²) in [6.07, 6.45) is -4.69. The van der Waals surface area contributed by atoms with Crippen molar-refractivity contribution >= 4 is 17.4 Å². The van der Waals surface area contributed by atoms with Gasteiger partial charge in [0.25, 0.3) is 11.6 Å². The van der Waals surface area contributed by atoms with Gasteiger partial charge in [0, 0.05) is 22.6 Å². The minimum atomic E-state index is -4.66. The summed E-state index contributed by atoms with van der Waals surface area (Å²) in [5.74, 6) is -1.68. The Kier molecular flexibility index (Phi) is 4.63. The normalized spacial score (nSPS) is 11.8. The van der Waals surface area contributed by atoms with E-state index >= 15 is 0 Å². The van der Waals surface area contributed by atoms with E-state index in [1.54, 1.807) is 13.8 Å². The minimum Gasteiger partial charge on any atom is -0.326 e. The Hall–Kier alpha value is -2.97. The highest BCUT2D eigenvalue weighted by molar-refractivity contribution is 5.93. The molecule has 3 aromatic rings. The molecule has 0 radical (unpaired) electrons. The van der Waals surface area contributed by atoms with Gasteiger partial charge in [-0.3, -0.25) is 4.79 Å². The molecule has 142 valence electrons. The number of aryl methyl sites for hydroxylation is 4. The van der Waals surface area contributed by atoms with Crippen molar-refractivity contribution in [3.05, 3.63) is 52.1 Å². The Morgan fingerprint density at radius 2 is 1.85 bits per heavy atom. The molecule has 0 atom stereocenters. The molecule has 0 aliphatic rings. The third kappa shape index (κ3) is 3.76. The van der Waals surface area contributed by atoms with E-state index in [1.165, 1.54) is 0 Å². The van der Waals surface area contributed by atoms with Crippen molar-refractivity contribution in [3.8, 4) is 0 Å². The van der Waals surface area contributed by atoms with Crippen LogP contribution in [0.5, 0.6) is 0 Å². The molecule has 0 bridgehead atoms. The van der Waals surface area contributed by atoms with Crippen LogP contribution in [-0.2, 0) is 17.4 Å². The first-order valence-corrected chi connectivity index (χ1v) is 8.23. The second-order valence-corrected chi connectivity index (χ2v) is 6.45. The molecule has 9 heteroatoms. The Bertz CT molecular complexity index is 1040. The van der Waals surface area contributed by atoms with Crippen molar-refractivity contribution in [1.29, 1.82) is 0 Å². The summed E-state index contributed by atoms with van der Waals surface area (Å²) in [5, 5.41) is 6.31. The molecule has 6 nitrogen and oxygen atoms in total. The molecule has 0 fully saturated rings. The van der Waals surface area contributed by atoms with Gasteiger partial charge < -0.3 is 5.32 Å². The van der Waals surface area contributed by atoms with E-state index in [1.807, 2.05) is 32.0 Å². The Morgan fingerprint density at radius 1 is 1.15 bits per heavy atom. The van der Waals surface area contributed by atoms with Crippen molar-refractivity contribution < 1.29 is 18.0 Å². The smallest absolute Gasteiger partial charge is 0.326 e. The van der Waals surface area contributed by atoms with Gasteiger partial charge in [-0.15, -0.1) is 5.10 Å². The van der Waals surface area contributed by atoms with Gasteiger partial charge in [0.15, 0.2) is 0 Å². The number of hydrogen-bond acceptors (Lipinski definition) is 4. The molecule has 0 aliphatic heterocycles. The standard InChI is InChI=1S/C18H18F3N5O/c1-9-5-6-14(10(2)7-9)23-15(27)8-13-11(3)22-17-24-16(18(19,20)21)25-26(17)12(13)4/h5-7H,8H2,1-4H3,(H,23,27). The summed E-state index contributed by atoms with van der Waals surface area (Å²) < 4.78 is 39.6. The number of anilines is 1. The van der Waals surface area contributed by atoms with Crippen molar-refractivity contribution in [2.75, 3.05) is 5.32 Å². The van der Waals surface area contributed by atoms with E-state index < -0.39 is 12.0 Å². The lowest BCUT2D eigenvalue weighted by Crippen LogP contribution is -2.18. The molecule has 1 amide bonds. The number of rotatable bonds is 3. The molecule has 1 aromatic carbocycles. The van der Waals surface area contributed by atoms with Gasteiger partial charge in [0.1, 0.15) is 0 Å². The topological polar surface area (TPSA) is 72.2 Å². The number of aromatic nitrogens is 4. The second kappa shape index (κ2) is 6.64. The first-order valence-electron chi connectivity index (χ1n) is 8.23. The van der Waals surface area contributed by atoms with Crippen LogP contribution in [0, 0.1) is 27.7 Å². The lowest BCUT2D eigenvalue weighted by molar-refractivity contribution is -0.144. The SMILES string of the molecule is Cc1ccc(NC(=O)Cc2c(C)nc3nc(C(F)(F)F)nn3c2C)c(C)c1. The number of nitrogens with one attached hydrogen (secondary N) is 1. The van der Waals surface area contributed by atoms with Crippen molar-refractivity contribution in [1.82, 2.24) is 19.6 Å². The Balaban J connectivity index is 1.91. The average molecular weight is 377 g/mol. The third-order valence-electron chi connectivity index (χ3n) is 4.30. The van der Waals surface area contributed by atoms with Gasteiger partial charge in [-0.25, -0.2) is 9.50 Å². The fraction of sp³-hybridized carbons (Fsp3) is 0.333. The molecule has 27 heavy (non-hydrogen) atoms. The molecule has 2 heterocycles. The van der Waals surface area contributed by atoms with Crippen LogP contribution >= 0.6 is 0 Å². The molecule has 0 saturated heterocycles. The molecule has 1 N–H and O–H groups in total. The maximum atomic E-state index is 12.8. The molecule has 3 rings (SSSR count). The predicted molar refractivity (Wildman–Crippen MR) is 93.5 cm³/mol. The van der Waals surface area contributed by atoms with Gasteiger partial charge in [-0.2, -0.15) is 18.2 Å². The second-order valence-electron chi connectivity index (χ2n) is 6.45. The van der Waals surface area contributed by atoms with Gasteiger partial charge >= 0.3 is 6.18 Å². The van der Waals surface area contributed by atoms with Gasteiger partial charge in [-0.1, -0.05) is 17.7 Å². The highest BCUT2D eigenvalue weighted by Gasteiger charge is 2.37. The van der Waals surface area contributed by atoms with Crippen LogP contribution in [0.15, 0.2) is 18.2 Å². The number of carbonyl (C=O) groups is 1. The van der Waals surface area contributed by atoms with E-state index in [2.05, 4.69) is 20.4 Å². The van der Waals surface area contributed by atoms with Crippen molar-refractivity contribution in [2.45, 2.75) is 40.3 Å². The van der Waals surface area contributed by atoms with Crippen LogP contribution in [0.2, 0.25) is 0 Å². The van der Waals surface area contributed by atoms with Crippen LogP contribution in [0.1, 0.15) is 33.9 Å². The zero-order valence-corrected chi connectivity index (χ0v) is 15.3. The molecule has 0 aliphatic carbocycles. The van der Waals surface area contributed by atoms with E-state index in [4.69, 9.17) is 0 Å². The van der Waals surface area contributed by atoms with Gasteiger partial charge in [0.05, 0.1) is 6.42 Å². The number of hydrogen-bond donors (Lipinski definition) is 1. The maximum absolute atomic E-state index is 12.8. The zero-order chi connectivity index (χ0) is 19.9. The zero-order valence-electron chi connectivity index (χ0n) is 15.3. The number of carbonyl (C=O) groups excluding carboxylic acids is 1.